The third kappa shape index (κ3) is 3.30. The minimum atomic E-state index is 0.0900. The molecule has 3 aromatic rings. The Kier molecular flexibility index (Phi) is 4.84. The maximum Gasteiger partial charge on any atom is 0.259 e. The number of nitrogens with zero attached hydrogens (tertiary/aromatic N) is 4. The fraction of sp³-hybridized carbons (Fsp3) is 0.480. The Bertz CT molecular complexity index is 1130. The van der Waals surface area contributed by atoms with Crippen LogP contribution < -0.4 is 4.90 Å². The largest absolute Gasteiger partial charge is 0.308 e. The first-order valence-corrected chi connectivity index (χ1v) is 11.4. The SMILES string of the molecule is CCCCn1nc(C)c2c(C(=O)N3CCCc4cc(C)ccc43)cc(C3CC3)nc21. The van der Waals surface area contributed by atoms with Crippen LogP contribution in [0.2, 0.25) is 0 Å². The van der Waals surface area contributed by atoms with Crippen molar-refractivity contribution in [3.8, 4) is 0 Å². The lowest BCUT2D eigenvalue weighted by Gasteiger charge is -2.30. The molecule has 5 rings (SSSR count). The van der Waals surface area contributed by atoms with Crippen LogP contribution in [-0.2, 0) is 13.0 Å². The van der Waals surface area contributed by atoms with Gasteiger partial charge in [0.1, 0.15) is 0 Å². The maximum absolute atomic E-state index is 13.9. The molecule has 156 valence electrons. The Hall–Kier alpha value is -2.69. The zero-order valence-corrected chi connectivity index (χ0v) is 18.2. The van der Waals surface area contributed by atoms with E-state index in [1.54, 1.807) is 0 Å². The molecule has 0 radical (unpaired) electrons. The number of hydrogen-bond donors (Lipinski definition) is 0. The molecule has 0 N–H and O–H groups in total. The van der Waals surface area contributed by atoms with Crippen LogP contribution in [-0.4, -0.2) is 27.2 Å². The van der Waals surface area contributed by atoms with Crippen molar-refractivity contribution in [2.24, 2.45) is 0 Å². The van der Waals surface area contributed by atoms with Gasteiger partial charge in [-0.05, 0) is 63.6 Å². The number of carbonyl (C=O) groups is 1. The van der Waals surface area contributed by atoms with E-state index < -0.39 is 0 Å². The van der Waals surface area contributed by atoms with E-state index >= 15 is 0 Å². The number of fused-ring (bicyclic) bond motifs is 2. The van der Waals surface area contributed by atoms with E-state index in [9.17, 15) is 4.79 Å². The van der Waals surface area contributed by atoms with Gasteiger partial charge in [0.05, 0.1) is 16.6 Å². The third-order valence-electron chi connectivity index (χ3n) is 6.45. The van der Waals surface area contributed by atoms with Crippen molar-refractivity contribution in [3.05, 3.63) is 52.3 Å². The number of pyridine rings is 1. The fourth-order valence-electron chi connectivity index (χ4n) is 4.68. The summed E-state index contributed by atoms with van der Waals surface area (Å²) in [5.74, 6) is 0.583. The lowest BCUT2D eigenvalue weighted by Crippen LogP contribution is -2.35. The molecule has 0 saturated heterocycles. The van der Waals surface area contributed by atoms with Crippen LogP contribution in [0.25, 0.3) is 11.0 Å². The third-order valence-corrected chi connectivity index (χ3v) is 6.45. The molecule has 2 aliphatic rings. The first kappa shape index (κ1) is 19.3. The van der Waals surface area contributed by atoms with E-state index in [-0.39, 0.29) is 5.91 Å². The highest BCUT2D eigenvalue weighted by Crippen LogP contribution is 2.41. The molecule has 1 amide bonds. The highest BCUT2D eigenvalue weighted by atomic mass is 16.2. The average molecular weight is 403 g/mol. The van der Waals surface area contributed by atoms with Gasteiger partial charge in [0.15, 0.2) is 5.65 Å². The molecule has 1 aliphatic heterocycles. The van der Waals surface area contributed by atoms with Gasteiger partial charge in [-0.2, -0.15) is 5.10 Å². The van der Waals surface area contributed by atoms with Crippen LogP contribution in [0.3, 0.4) is 0 Å². The van der Waals surface area contributed by atoms with Crippen molar-refractivity contribution in [2.75, 3.05) is 11.4 Å². The monoisotopic (exact) mass is 402 g/mol. The van der Waals surface area contributed by atoms with Gasteiger partial charge in [0, 0.05) is 30.4 Å². The highest BCUT2D eigenvalue weighted by molar-refractivity contribution is 6.14. The van der Waals surface area contributed by atoms with Crippen molar-refractivity contribution in [3.63, 3.8) is 0 Å². The first-order valence-electron chi connectivity index (χ1n) is 11.4. The van der Waals surface area contributed by atoms with Gasteiger partial charge in [-0.1, -0.05) is 31.0 Å². The molecule has 0 spiro atoms. The lowest BCUT2D eigenvalue weighted by atomic mass is 9.98. The molecular weight excluding hydrogens is 372 g/mol. The molecule has 0 atom stereocenters. The second kappa shape index (κ2) is 7.53. The van der Waals surface area contributed by atoms with Crippen molar-refractivity contribution in [2.45, 2.75) is 71.8 Å². The zero-order chi connectivity index (χ0) is 20.8. The maximum atomic E-state index is 13.9. The molecule has 1 aromatic carbocycles. The number of benzene rings is 1. The predicted molar refractivity (Wildman–Crippen MR) is 120 cm³/mol. The standard InChI is InChI=1S/C25H30N4O/c1-4-5-13-29-24-23(17(3)27-29)20(15-21(26-24)18-9-10-18)25(30)28-12-6-7-19-14-16(2)8-11-22(19)28/h8,11,14-15,18H,4-7,9-10,12-13H2,1-3H3. The van der Waals surface area contributed by atoms with Crippen LogP contribution >= 0.6 is 0 Å². The van der Waals surface area contributed by atoms with Gasteiger partial charge in [-0.15, -0.1) is 0 Å². The number of aromatic nitrogens is 3. The van der Waals surface area contributed by atoms with Gasteiger partial charge >= 0.3 is 0 Å². The number of rotatable bonds is 5. The summed E-state index contributed by atoms with van der Waals surface area (Å²) < 4.78 is 2.02. The van der Waals surface area contributed by atoms with E-state index in [0.717, 1.165) is 72.4 Å². The first-order chi connectivity index (χ1) is 14.6. The smallest absolute Gasteiger partial charge is 0.259 e. The Morgan fingerprint density at radius 2 is 2.03 bits per heavy atom. The van der Waals surface area contributed by atoms with Gasteiger partial charge in [0.2, 0.25) is 0 Å². The summed E-state index contributed by atoms with van der Waals surface area (Å²) >= 11 is 0. The molecule has 5 heteroatoms. The number of anilines is 1. The summed E-state index contributed by atoms with van der Waals surface area (Å²) in [5.41, 5.74) is 7.21. The Morgan fingerprint density at radius 3 is 2.80 bits per heavy atom. The Balaban J connectivity index is 1.63. The normalized spacial score (nSPS) is 16.2. The molecule has 1 fully saturated rings. The van der Waals surface area contributed by atoms with Crippen LogP contribution in [0.15, 0.2) is 24.3 Å². The fourth-order valence-corrected chi connectivity index (χ4v) is 4.68. The van der Waals surface area contributed by atoms with Gasteiger partial charge < -0.3 is 4.90 Å². The second-order valence-corrected chi connectivity index (χ2v) is 8.92. The van der Waals surface area contributed by atoms with Crippen molar-refractivity contribution >= 4 is 22.6 Å². The summed E-state index contributed by atoms with van der Waals surface area (Å²) in [4.78, 5) is 20.9. The zero-order valence-electron chi connectivity index (χ0n) is 18.2. The number of hydrogen-bond acceptors (Lipinski definition) is 3. The van der Waals surface area contributed by atoms with E-state index in [1.807, 2.05) is 16.5 Å². The molecule has 0 bridgehead atoms. The summed E-state index contributed by atoms with van der Waals surface area (Å²) in [5, 5.41) is 5.71. The predicted octanol–water partition coefficient (Wildman–Crippen LogP) is 5.32. The molecule has 1 saturated carbocycles. The minimum absolute atomic E-state index is 0.0900. The van der Waals surface area contributed by atoms with Crippen LogP contribution in [0, 0.1) is 13.8 Å². The van der Waals surface area contributed by atoms with Gasteiger partial charge in [-0.25, -0.2) is 9.67 Å². The lowest BCUT2D eigenvalue weighted by molar-refractivity contribution is 0.0986. The second-order valence-electron chi connectivity index (χ2n) is 8.92. The Morgan fingerprint density at radius 1 is 1.20 bits per heavy atom. The minimum Gasteiger partial charge on any atom is -0.308 e. The van der Waals surface area contributed by atoms with Crippen LogP contribution in [0.1, 0.15) is 77.8 Å². The molecule has 3 heterocycles. The van der Waals surface area contributed by atoms with Crippen LogP contribution in [0.5, 0.6) is 0 Å². The van der Waals surface area contributed by atoms with Gasteiger partial charge in [-0.3, -0.25) is 4.79 Å². The molecule has 2 aromatic heterocycles. The average Bonchev–Trinajstić information content (AvgIpc) is 3.55. The summed E-state index contributed by atoms with van der Waals surface area (Å²) in [6, 6.07) is 8.50. The summed E-state index contributed by atoms with van der Waals surface area (Å²) in [6.07, 6.45) is 6.54. The van der Waals surface area contributed by atoms with E-state index in [2.05, 4.69) is 38.1 Å². The van der Waals surface area contributed by atoms with E-state index in [1.165, 1.54) is 24.0 Å². The van der Waals surface area contributed by atoms with E-state index in [4.69, 9.17) is 10.1 Å². The van der Waals surface area contributed by atoms with E-state index in [0.29, 0.717) is 5.92 Å². The molecule has 1 aliphatic carbocycles. The number of aryl methyl sites for hydroxylation is 4. The van der Waals surface area contributed by atoms with Crippen molar-refractivity contribution in [1.29, 1.82) is 0 Å². The number of amides is 1. The quantitative estimate of drug-likeness (QED) is 0.580. The van der Waals surface area contributed by atoms with Crippen LogP contribution in [0.4, 0.5) is 5.69 Å². The molecular formula is C25H30N4O. The number of unbranched alkanes of at least 4 members (excludes halogenated alkanes) is 1. The summed E-state index contributed by atoms with van der Waals surface area (Å²) in [6.45, 7) is 7.92. The van der Waals surface area contributed by atoms with Crippen molar-refractivity contribution in [1.82, 2.24) is 14.8 Å². The van der Waals surface area contributed by atoms with Crippen molar-refractivity contribution < 1.29 is 4.79 Å². The topological polar surface area (TPSA) is 51.0 Å². The molecule has 5 nitrogen and oxygen atoms in total. The molecule has 30 heavy (non-hydrogen) atoms. The highest BCUT2D eigenvalue weighted by Gasteiger charge is 2.31. The van der Waals surface area contributed by atoms with Gasteiger partial charge in [0.25, 0.3) is 5.91 Å². The summed E-state index contributed by atoms with van der Waals surface area (Å²) in [7, 11) is 0. The number of carbonyl (C=O) groups excluding carboxylic acids is 1. The molecule has 0 unspecified atom stereocenters. The Labute approximate surface area is 178 Å².